The number of benzene rings is 1. The largest absolute Gasteiger partial charge is 0.347 e. The molecule has 0 aliphatic rings. The number of carbonyl (C=O) groups excluding carboxylic acids is 1. The lowest BCUT2D eigenvalue weighted by Crippen LogP contribution is -2.23. The van der Waals surface area contributed by atoms with Gasteiger partial charge in [0.2, 0.25) is 0 Å². The summed E-state index contributed by atoms with van der Waals surface area (Å²) in [6.07, 6.45) is 0. The molecule has 1 N–H and O–H groups in total. The number of pyridine rings is 1. The highest BCUT2D eigenvalue weighted by molar-refractivity contribution is 9.10. The molecule has 0 unspecified atom stereocenters. The van der Waals surface area contributed by atoms with Crippen LogP contribution in [0.3, 0.4) is 0 Å². The number of hydrogen-bond acceptors (Lipinski definition) is 2. The quantitative estimate of drug-likeness (QED) is 0.841. The average Bonchev–Trinajstić information content (AvgIpc) is 2.37. The van der Waals surface area contributed by atoms with E-state index in [2.05, 4.69) is 42.2 Å². The van der Waals surface area contributed by atoms with E-state index in [-0.39, 0.29) is 5.91 Å². The van der Waals surface area contributed by atoms with Crippen molar-refractivity contribution in [1.29, 1.82) is 0 Å². The number of aromatic nitrogens is 1. The molecule has 0 aliphatic carbocycles. The van der Waals surface area contributed by atoms with Crippen LogP contribution in [0.25, 0.3) is 0 Å². The third-order valence-electron chi connectivity index (χ3n) is 2.34. The zero-order valence-corrected chi connectivity index (χ0v) is 12.5. The van der Waals surface area contributed by atoms with E-state index in [1.165, 1.54) is 0 Å². The van der Waals surface area contributed by atoms with Crippen molar-refractivity contribution in [1.82, 2.24) is 10.3 Å². The Hall–Kier alpha value is -1.20. The summed E-state index contributed by atoms with van der Waals surface area (Å²) in [5.41, 5.74) is 1.43. The van der Waals surface area contributed by atoms with Crippen LogP contribution in [-0.4, -0.2) is 10.9 Å². The summed E-state index contributed by atoms with van der Waals surface area (Å²) in [4.78, 5) is 16.0. The number of nitrogens with zero attached hydrogens (tertiary/aromatic N) is 1. The van der Waals surface area contributed by atoms with E-state index in [0.29, 0.717) is 16.8 Å². The summed E-state index contributed by atoms with van der Waals surface area (Å²) in [5.74, 6) is -0.188. The highest BCUT2D eigenvalue weighted by Crippen LogP contribution is 2.15. The van der Waals surface area contributed by atoms with Crippen LogP contribution in [-0.2, 0) is 6.54 Å². The Morgan fingerprint density at radius 2 is 1.89 bits per heavy atom. The lowest BCUT2D eigenvalue weighted by atomic mass is 10.2. The van der Waals surface area contributed by atoms with Crippen molar-refractivity contribution in [3.8, 4) is 0 Å². The van der Waals surface area contributed by atoms with Crippen LogP contribution in [0.2, 0.25) is 0 Å². The molecule has 2 aromatic rings. The standard InChI is InChI=1S/C13H10Br2N2O/c14-10-5-2-1-4-9(10)8-16-13(18)11-6-3-7-12(15)17-11/h1-7H,8H2,(H,16,18). The van der Waals surface area contributed by atoms with Gasteiger partial charge in [-0.2, -0.15) is 0 Å². The molecule has 0 radical (unpaired) electrons. The highest BCUT2D eigenvalue weighted by atomic mass is 79.9. The third-order valence-corrected chi connectivity index (χ3v) is 3.56. The maximum absolute atomic E-state index is 11.9. The maximum Gasteiger partial charge on any atom is 0.270 e. The third kappa shape index (κ3) is 3.40. The van der Waals surface area contributed by atoms with Crippen LogP contribution in [0.5, 0.6) is 0 Å². The van der Waals surface area contributed by atoms with Gasteiger partial charge in [-0.05, 0) is 39.7 Å². The van der Waals surface area contributed by atoms with Gasteiger partial charge in [-0.1, -0.05) is 40.2 Å². The van der Waals surface area contributed by atoms with Crippen molar-refractivity contribution < 1.29 is 4.79 Å². The van der Waals surface area contributed by atoms with Crippen LogP contribution in [0.15, 0.2) is 51.5 Å². The van der Waals surface area contributed by atoms with Crippen LogP contribution >= 0.6 is 31.9 Å². The molecule has 18 heavy (non-hydrogen) atoms. The number of amides is 1. The van der Waals surface area contributed by atoms with Gasteiger partial charge in [-0.25, -0.2) is 4.98 Å². The molecule has 92 valence electrons. The van der Waals surface area contributed by atoms with Crippen molar-refractivity contribution in [2.24, 2.45) is 0 Å². The number of rotatable bonds is 3. The lowest BCUT2D eigenvalue weighted by molar-refractivity contribution is 0.0945. The fourth-order valence-electron chi connectivity index (χ4n) is 1.44. The van der Waals surface area contributed by atoms with E-state index in [9.17, 15) is 4.79 Å². The van der Waals surface area contributed by atoms with Gasteiger partial charge in [0.25, 0.3) is 5.91 Å². The Morgan fingerprint density at radius 3 is 2.61 bits per heavy atom. The molecule has 1 amide bonds. The van der Waals surface area contributed by atoms with Crippen molar-refractivity contribution >= 4 is 37.8 Å². The topological polar surface area (TPSA) is 42.0 Å². The molecule has 0 saturated carbocycles. The van der Waals surface area contributed by atoms with Crippen molar-refractivity contribution in [2.75, 3.05) is 0 Å². The summed E-state index contributed by atoms with van der Waals surface area (Å²) in [6, 6.07) is 13.0. The predicted molar refractivity (Wildman–Crippen MR) is 77.2 cm³/mol. The zero-order chi connectivity index (χ0) is 13.0. The number of hydrogen-bond donors (Lipinski definition) is 1. The number of halogens is 2. The Morgan fingerprint density at radius 1 is 1.11 bits per heavy atom. The summed E-state index contributed by atoms with van der Waals surface area (Å²) in [6.45, 7) is 0.467. The second-order valence-corrected chi connectivity index (χ2v) is 5.29. The zero-order valence-electron chi connectivity index (χ0n) is 9.36. The van der Waals surface area contributed by atoms with E-state index in [1.807, 2.05) is 24.3 Å². The summed E-state index contributed by atoms with van der Waals surface area (Å²) in [5, 5.41) is 2.83. The number of carbonyl (C=O) groups is 1. The number of nitrogens with one attached hydrogen (secondary N) is 1. The highest BCUT2D eigenvalue weighted by Gasteiger charge is 2.07. The van der Waals surface area contributed by atoms with Crippen molar-refractivity contribution in [3.05, 3.63) is 62.8 Å². The Balaban J connectivity index is 2.03. The molecule has 1 aromatic heterocycles. The molecule has 5 heteroatoms. The van der Waals surface area contributed by atoms with Gasteiger partial charge in [-0.3, -0.25) is 4.79 Å². The maximum atomic E-state index is 11.9. The van der Waals surface area contributed by atoms with Gasteiger partial charge in [0.15, 0.2) is 0 Å². The first-order valence-electron chi connectivity index (χ1n) is 5.31. The van der Waals surface area contributed by atoms with Crippen LogP contribution < -0.4 is 5.32 Å². The second-order valence-electron chi connectivity index (χ2n) is 3.62. The first-order chi connectivity index (χ1) is 8.66. The van der Waals surface area contributed by atoms with Gasteiger partial charge in [0.1, 0.15) is 10.3 Å². The van der Waals surface area contributed by atoms with E-state index in [1.54, 1.807) is 18.2 Å². The molecule has 1 heterocycles. The van der Waals surface area contributed by atoms with Gasteiger partial charge >= 0.3 is 0 Å². The molecule has 0 fully saturated rings. The Bertz CT molecular complexity index is 572. The van der Waals surface area contributed by atoms with Gasteiger partial charge < -0.3 is 5.32 Å². The fourth-order valence-corrected chi connectivity index (χ4v) is 2.21. The molecule has 0 aliphatic heterocycles. The molecule has 2 rings (SSSR count). The summed E-state index contributed by atoms with van der Waals surface area (Å²) in [7, 11) is 0. The van der Waals surface area contributed by atoms with E-state index in [4.69, 9.17) is 0 Å². The van der Waals surface area contributed by atoms with E-state index in [0.717, 1.165) is 10.0 Å². The molecule has 1 aromatic carbocycles. The molecule has 0 saturated heterocycles. The summed E-state index contributed by atoms with van der Waals surface area (Å²) >= 11 is 6.68. The Labute approximate surface area is 122 Å². The van der Waals surface area contributed by atoms with Gasteiger partial charge in [-0.15, -0.1) is 0 Å². The van der Waals surface area contributed by atoms with Gasteiger partial charge in [0, 0.05) is 11.0 Å². The van der Waals surface area contributed by atoms with E-state index < -0.39 is 0 Å². The van der Waals surface area contributed by atoms with Gasteiger partial charge in [0.05, 0.1) is 0 Å². The molecule has 0 atom stereocenters. The first kappa shape index (κ1) is 13.2. The minimum absolute atomic E-state index is 0.188. The van der Waals surface area contributed by atoms with E-state index >= 15 is 0 Å². The molecular formula is C13H10Br2N2O. The fraction of sp³-hybridized carbons (Fsp3) is 0.0769. The normalized spacial score (nSPS) is 10.1. The smallest absolute Gasteiger partial charge is 0.270 e. The Kier molecular flexibility index (Phi) is 4.49. The second kappa shape index (κ2) is 6.11. The molecule has 0 spiro atoms. The van der Waals surface area contributed by atoms with Crippen LogP contribution in [0.4, 0.5) is 0 Å². The van der Waals surface area contributed by atoms with Crippen LogP contribution in [0, 0.1) is 0 Å². The molecule has 0 bridgehead atoms. The lowest BCUT2D eigenvalue weighted by Gasteiger charge is -2.06. The first-order valence-corrected chi connectivity index (χ1v) is 6.89. The predicted octanol–water partition coefficient (Wildman–Crippen LogP) is 3.54. The molecular weight excluding hydrogens is 360 g/mol. The molecule has 3 nitrogen and oxygen atoms in total. The average molecular weight is 370 g/mol. The minimum atomic E-state index is -0.188. The van der Waals surface area contributed by atoms with Crippen molar-refractivity contribution in [3.63, 3.8) is 0 Å². The van der Waals surface area contributed by atoms with Crippen molar-refractivity contribution in [2.45, 2.75) is 6.54 Å². The SMILES string of the molecule is O=C(NCc1ccccc1Br)c1cccc(Br)n1. The monoisotopic (exact) mass is 368 g/mol. The minimum Gasteiger partial charge on any atom is -0.347 e. The summed E-state index contributed by atoms with van der Waals surface area (Å²) < 4.78 is 1.63. The van der Waals surface area contributed by atoms with Crippen LogP contribution in [0.1, 0.15) is 16.1 Å².